The molecule has 28 heavy (non-hydrogen) atoms. The molecule has 3 heteroatoms. The maximum absolute atomic E-state index is 4.94. The summed E-state index contributed by atoms with van der Waals surface area (Å²) < 4.78 is 6.24. The summed E-state index contributed by atoms with van der Waals surface area (Å²) in [5.41, 5.74) is 9.63. The second-order valence-corrected chi connectivity index (χ2v) is 14.4. The Balaban J connectivity index is 0.000000961. The van der Waals surface area contributed by atoms with Crippen molar-refractivity contribution < 1.29 is 46.1 Å². The van der Waals surface area contributed by atoms with Crippen LogP contribution in [-0.2, 0) is 21.3 Å². The summed E-state index contributed by atoms with van der Waals surface area (Å²) >= 11 is -1.98. The smallest absolute Gasteiger partial charge is 1.00 e. The van der Waals surface area contributed by atoms with Gasteiger partial charge in [-0.2, -0.15) is 0 Å². The van der Waals surface area contributed by atoms with Crippen LogP contribution in [0.15, 0.2) is 60.7 Å². The molecule has 2 saturated carbocycles. The van der Waals surface area contributed by atoms with Crippen LogP contribution in [0.25, 0.3) is 11.1 Å². The van der Waals surface area contributed by atoms with Gasteiger partial charge in [-0.15, -0.1) is 0 Å². The molecule has 6 rings (SSSR count). The molecule has 2 aromatic carbocycles. The Morgan fingerprint density at radius 1 is 0.643 bits per heavy atom. The van der Waals surface area contributed by atoms with Crippen molar-refractivity contribution in [2.24, 2.45) is 11.8 Å². The third kappa shape index (κ3) is 3.28. The summed E-state index contributed by atoms with van der Waals surface area (Å²) in [7, 11) is 0. The molecule has 2 unspecified atom stereocenters. The molecule has 0 aromatic heterocycles. The fourth-order valence-corrected chi connectivity index (χ4v) is 11.2. The molecule has 4 aliphatic rings. The summed E-state index contributed by atoms with van der Waals surface area (Å²) in [6, 6.07) is 18.4. The first-order chi connectivity index (χ1) is 12.8. The second-order valence-electron chi connectivity index (χ2n) is 8.50. The van der Waals surface area contributed by atoms with Crippen molar-refractivity contribution in [2.75, 3.05) is 0 Å². The molecule has 0 nitrogen and oxygen atoms in total. The summed E-state index contributed by atoms with van der Waals surface area (Å²) in [5, 5.41) is 0. The number of hydrogen-bond acceptors (Lipinski definition) is 0. The number of halogens is 2. The van der Waals surface area contributed by atoms with E-state index in [4.69, 9.17) is 4.21 Å². The van der Waals surface area contributed by atoms with E-state index in [1.165, 1.54) is 25.7 Å². The van der Waals surface area contributed by atoms with Gasteiger partial charge in [-0.1, -0.05) is 0 Å². The molecule has 2 atom stereocenters. The van der Waals surface area contributed by atoms with Crippen molar-refractivity contribution in [3.8, 4) is 0 Å². The fraction of sp³-hybridized carbons (Fsp3) is 0.320. The van der Waals surface area contributed by atoms with Crippen molar-refractivity contribution in [1.82, 2.24) is 0 Å². The minimum atomic E-state index is -1.98. The van der Waals surface area contributed by atoms with Gasteiger partial charge >= 0.3 is 164 Å². The number of benzene rings is 2. The molecular weight excluding hydrogens is 462 g/mol. The molecule has 0 heterocycles. The quantitative estimate of drug-likeness (QED) is 0.577. The monoisotopic (exact) mass is 484 g/mol. The van der Waals surface area contributed by atoms with E-state index >= 15 is 0 Å². The molecule has 0 radical (unpaired) electrons. The van der Waals surface area contributed by atoms with Crippen LogP contribution < -0.4 is 24.8 Å². The molecule has 0 amide bonds. The van der Waals surface area contributed by atoms with E-state index in [1.54, 1.807) is 33.4 Å². The maximum atomic E-state index is 4.94. The topological polar surface area (TPSA) is 0 Å². The van der Waals surface area contributed by atoms with E-state index in [9.17, 15) is 0 Å². The largest absolute Gasteiger partial charge is 1.00 e. The van der Waals surface area contributed by atoms with Crippen molar-refractivity contribution in [3.63, 3.8) is 0 Å². The van der Waals surface area contributed by atoms with E-state index in [-0.39, 0.29) is 24.8 Å². The predicted molar refractivity (Wildman–Crippen MR) is 107 cm³/mol. The third-order valence-electron chi connectivity index (χ3n) is 6.74. The molecular formula is C25H24Cl2Zr. The van der Waals surface area contributed by atoms with Gasteiger partial charge in [0, 0.05) is 0 Å². The van der Waals surface area contributed by atoms with E-state index in [0.29, 0.717) is 7.25 Å². The van der Waals surface area contributed by atoms with Gasteiger partial charge in [0.1, 0.15) is 0 Å². The molecule has 142 valence electrons. The summed E-state index contributed by atoms with van der Waals surface area (Å²) in [6.07, 6.45) is 10.9. The van der Waals surface area contributed by atoms with Crippen LogP contribution >= 0.6 is 0 Å². The van der Waals surface area contributed by atoms with Gasteiger partial charge in [0.25, 0.3) is 0 Å². The van der Waals surface area contributed by atoms with Gasteiger partial charge in [0.15, 0.2) is 0 Å². The SMILES string of the molecule is [CH2]=[Zr+2]([CH]1C=C(C2CC2)c2ccccc21)[CH]1C=C(C2CC2)c2ccccc21.[Cl-].[Cl-]. The predicted octanol–water partition coefficient (Wildman–Crippen LogP) is 0.141. The Morgan fingerprint density at radius 2 is 1.04 bits per heavy atom. The Hall–Kier alpha value is -0.747. The van der Waals surface area contributed by atoms with Crippen molar-refractivity contribution >= 4 is 15.4 Å². The van der Waals surface area contributed by atoms with Gasteiger partial charge in [-0.05, 0) is 0 Å². The number of hydrogen-bond donors (Lipinski definition) is 0. The van der Waals surface area contributed by atoms with E-state index in [0.717, 1.165) is 11.8 Å². The summed E-state index contributed by atoms with van der Waals surface area (Å²) in [4.78, 5) is 0. The molecule has 0 bridgehead atoms. The first-order valence-electron chi connectivity index (χ1n) is 10.1. The van der Waals surface area contributed by atoms with Crippen LogP contribution in [0.1, 0.15) is 55.2 Å². The minimum absolute atomic E-state index is 0. The van der Waals surface area contributed by atoms with Crippen LogP contribution in [0.4, 0.5) is 0 Å². The van der Waals surface area contributed by atoms with E-state index in [2.05, 4.69) is 60.7 Å². The van der Waals surface area contributed by atoms with Crippen molar-refractivity contribution in [3.05, 3.63) is 82.9 Å². The van der Waals surface area contributed by atoms with Crippen LogP contribution in [0, 0.1) is 11.8 Å². The Bertz CT molecular complexity index is 916. The zero-order valence-corrected chi connectivity index (χ0v) is 19.8. The average molecular weight is 487 g/mol. The normalized spacial score (nSPS) is 24.0. The van der Waals surface area contributed by atoms with Gasteiger partial charge in [0.2, 0.25) is 0 Å². The molecule has 2 aromatic rings. The molecule has 2 fully saturated rings. The molecule has 4 aliphatic carbocycles. The van der Waals surface area contributed by atoms with Crippen LogP contribution in [0.3, 0.4) is 0 Å². The summed E-state index contributed by atoms with van der Waals surface area (Å²) in [6.45, 7) is 0. The molecule has 0 N–H and O–H groups in total. The third-order valence-corrected chi connectivity index (χ3v) is 13.0. The zero-order chi connectivity index (χ0) is 17.3. The van der Waals surface area contributed by atoms with Gasteiger partial charge in [-0.25, -0.2) is 0 Å². The average Bonchev–Trinajstić information content (AvgIpc) is 3.62. The summed E-state index contributed by atoms with van der Waals surface area (Å²) in [5.74, 6) is 1.68. The number of allylic oxidation sites excluding steroid dienone is 4. The Morgan fingerprint density at radius 3 is 1.43 bits per heavy atom. The Kier molecular flexibility index (Phi) is 5.74. The van der Waals surface area contributed by atoms with Gasteiger partial charge in [-0.3, -0.25) is 0 Å². The van der Waals surface area contributed by atoms with Crippen LogP contribution in [0.5, 0.6) is 0 Å². The molecule has 0 saturated heterocycles. The van der Waals surface area contributed by atoms with Crippen LogP contribution in [0.2, 0.25) is 0 Å². The molecule has 0 aliphatic heterocycles. The Labute approximate surface area is 188 Å². The van der Waals surface area contributed by atoms with Gasteiger partial charge in [0.05, 0.1) is 0 Å². The fourth-order valence-electron chi connectivity index (χ4n) is 5.09. The van der Waals surface area contributed by atoms with Gasteiger partial charge < -0.3 is 24.8 Å². The van der Waals surface area contributed by atoms with E-state index in [1.807, 2.05) is 0 Å². The van der Waals surface area contributed by atoms with Crippen LogP contribution in [-0.4, -0.2) is 4.21 Å². The van der Waals surface area contributed by atoms with E-state index < -0.39 is 21.3 Å². The minimum Gasteiger partial charge on any atom is -1.00 e. The standard InChI is InChI=1S/2C12H11.CH2.2ClH.Zr/c2*1-2-4-11-9(3-1)7-8-12(11)10-5-6-10;;;;/h2*1-4,7-8,10H,5-6H2;1H2;2*1H;/q;;;;;+2/p-2. The van der Waals surface area contributed by atoms with Crippen molar-refractivity contribution in [1.29, 1.82) is 0 Å². The second kappa shape index (κ2) is 7.83. The number of rotatable bonds is 4. The molecule has 0 spiro atoms. The maximum Gasteiger partial charge on any atom is -1.00 e. The number of fused-ring (bicyclic) bond motifs is 2. The van der Waals surface area contributed by atoms with Crippen molar-refractivity contribution in [2.45, 2.75) is 32.9 Å². The first-order valence-corrected chi connectivity index (χ1v) is 14.7. The first kappa shape index (κ1) is 20.5. The zero-order valence-electron chi connectivity index (χ0n) is 15.9.